The van der Waals surface area contributed by atoms with E-state index in [4.69, 9.17) is 13.9 Å². The van der Waals surface area contributed by atoms with E-state index >= 15 is 0 Å². The molecule has 0 aliphatic rings. The van der Waals surface area contributed by atoms with E-state index in [0.29, 0.717) is 15.8 Å². The van der Waals surface area contributed by atoms with Gasteiger partial charge in [-0.25, -0.2) is 0 Å². The normalized spacial score (nSPS) is 11.8. The van der Waals surface area contributed by atoms with Gasteiger partial charge in [0.25, 0.3) is 0 Å². The van der Waals surface area contributed by atoms with Crippen molar-refractivity contribution in [2.75, 3.05) is 13.7 Å². The van der Waals surface area contributed by atoms with E-state index in [-0.39, 0.29) is 24.5 Å². The topological polar surface area (TPSA) is 106 Å². The number of aliphatic hydroxyl groups excluding tert-OH is 1. The average molecular weight is 427 g/mol. The summed E-state index contributed by atoms with van der Waals surface area (Å²) in [5.74, 6) is -1.72. The van der Waals surface area contributed by atoms with Crippen molar-refractivity contribution < 1.29 is 28.9 Å². The van der Waals surface area contributed by atoms with Gasteiger partial charge in [0.15, 0.2) is 5.76 Å². The van der Waals surface area contributed by atoms with E-state index in [1.165, 1.54) is 7.11 Å². The van der Waals surface area contributed by atoms with E-state index < -0.39 is 29.7 Å². The van der Waals surface area contributed by atoms with Crippen molar-refractivity contribution in [3.8, 4) is 11.5 Å². The number of esters is 1. The van der Waals surface area contributed by atoms with Crippen LogP contribution in [0.5, 0.6) is 11.5 Å². The second-order valence-electron chi connectivity index (χ2n) is 5.40. The van der Waals surface area contributed by atoms with Crippen LogP contribution >= 0.6 is 15.9 Å². The van der Waals surface area contributed by atoms with Crippen LogP contribution in [-0.4, -0.2) is 29.9 Å². The van der Waals surface area contributed by atoms with Gasteiger partial charge in [-0.1, -0.05) is 15.9 Å². The number of ether oxygens (including phenoxy) is 2. The molecule has 0 bridgehead atoms. The van der Waals surface area contributed by atoms with Crippen LogP contribution in [0.1, 0.15) is 36.3 Å². The molecule has 0 saturated heterocycles. The number of aliphatic hydroxyl groups is 1. The molecule has 0 amide bonds. The molecule has 7 nitrogen and oxygen atoms in total. The molecular weight excluding hydrogens is 408 g/mol. The van der Waals surface area contributed by atoms with Crippen LogP contribution in [0, 0.1) is 0 Å². The predicted molar refractivity (Wildman–Crippen MR) is 96.4 cm³/mol. The number of methoxy groups -OCH3 is 1. The quantitative estimate of drug-likeness (QED) is 0.655. The van der Waals surface area contributed by atoms with Crippen molar-refractivity contribution in [3.63, 3.8) is 0 Å². The third kappa shape index (κ3) is 4.44. The number of carbonyl (C=O) groups excluding carboxylic acids is 1. The highest BCUT2D eigenvalue weighted by Crippen LogP contribution is 2.39. The molecule has 8 heteroatoms. The highest BCUT2D eigenvalue weighted by Gasteiger charge is 2.29. The van der Waals surface area contributed by atoms with E-state index in [1.54, 1.807) is 25.1 Å². The third-order valence-corrected chi connectivity index (χ3v) is 4.21. The largest absolute Gasteiger partial charge is 0.502 e. The minimum atomic E-state index is -0.847. The van der Waals surface area contributed by atoms with Gasteiger partial charge in [0.05, 0.1) is 26.1 Å². The molecule has 26 heavy (non-hydrogen) atoms. The zero-order valence-corrected chi connectivity index (χ0v) is 15.9. The van der Waals surface area contributed by atoms with Gasteiger partial charge in [-0.2, -0.15) is 0 Å². The Labute approximate surface area is 158 Å². The molecule has 2 rings (SSSR count). The maximum Gasteiger partial charge on any atom is 0.306 e. The first-order valence-corrected chi connectivity index (χ1v) is 8.66. The summed E-state index contributed by atoms with van der Waals surface area (Å²) in [5.41, 5.74) is -0.193. The number of hydrogen-bond acceptors (Lipinski definition) is 7. The summed E-state index contributed by atoms with van der Waals surface area (Å²) in [4.78, 5) is 24.1. The Bertz CT molecular complexity index is 844. The number of rotatable bonds is 7. The third-order valence-electron chi connectivity index (χ3n) is 3.72. The molecule has 0 radical (unpaired) electrons. The van der Waals surface area contributed by atoms with Crippen LogP contribution < -0.4 is 10.2 Å². The highest BCUT2D eigenvalue weighted by atomic mass is 79.9. The van der Waals surface area contributed by atoms with Crippen molar-refractivity contribution >= 4 is 21.9 Å². The lowest BCUT2D eigenvalue weighted by molar-refractivity contribution is -0.143. The molecule has 1 atom stereocenters. The minimum absolute atomic E-state index is 0.0226. The van der Waals surface area contributed by atoms with Crippen LogP contribution in [0.2, 0.25) is 0 Å². The van der Waals surface area contributed by atoms with Gasteiger partial charge in [-0.05, 0) is 25.1 Å². The summed E-state index contributed by atoms with van der Waals surface area (Å²) in [6, 6.07) is 6.14. The fourth-order valence-electron chi connectivity index (χ4n) is 2.58. The Hall–Kier alpha value is -2.32. The average Bonchev–Trinajstić information content (AvgIpc) is 2.62. The molecule has 0 saturated carbocycles. The Kier molecular flexibility index (Phi) is 6.82. The SMILES string of the molecule is CCOC(=O)C[C@H](c1cc(Br)ccc1OC)c1oc(CO)cc(=O)c1O. The molecule has 1 aromatic carbocycles. The summed E-state index contributed by atoms with van der Waals surface area (Å²) >= 11 is 3.36. The molecule has 0 unspecified atom stereocenters. The molecule has 0 spiro atoms. The zero-order chi connectivity index (χ0) is 19.3. The fourth-order valence-corrected chi connectivity index (χ4v) is 2.96. The number of carbonyl (C=O) groups is 1. The second kappa shape index (κ2) is 8.86. The van der Waals surface area contributed by atoms with Gasteiger partial charge in [0.1, 0.15) is 18.1 Å². The minimum Gasteiger partial charge on any atom is -0.502 e. The van der Waals surface area contributed by atoms with Gasteiger partial charge in [0.2, 0.25) is 11.2 Å². The van der Waals surface area contributed by atoms with Crippen molar-refractivity contribution in [2.45, 2.75) is 25.9 Å². The van der Waals surface area contributed by atoms with Gasteiger partial charge < -0.3 is 24.1 Å². The molecule has 2 N–H and O–H groups in total. The van der Waals surface area contributed by atoms with Crippen LogP contribution in [0.3, 0.4) is 0 Å². The van der Waals surface area contributed by atoms with Crippen LogP contribution in [-0.2, 0) is 16.1 Å². The lowest BCUT2D eigenvalue weighted by Crippen LogP contribution is -2.15. The molecule has 0 aliphatic carbocycles. The summed E-state index contributed by atoms with van der Waals surface area (Å²) in [6.45, 7) is 1.34. The van der Waals surface area contributed by atoms with Gasteiger partial charge >= 0.3 is 5.97 Å². The summed E-state index contributed by atoms with van der Waals surface area (Å²) < 4.78 is 16.6. The number of aromatic hydroxyl groups is 1. The Morgan fingerprint density at radius 1 is 1.35 bits per heavy atom. The smallest absolute Gasteiger partial charge is 0.306 e. The van der Waals surface area contributed by atoms with Crippen molar-refractivity contribution in [1.29, 1.82) is 0 Å². The molecule has 0 aliphatic heterocycles. The van der Waals surface area contributed by atoms with Gasteiger partial charge in [0, 0.05) is 16.1 Å². The molecule has 140 valence electrons. The van der Waals surface area contributed by atoms with E-state index in [0.717, 1.165) is 6.07 Å². The molecule has 1 aromatic heterocycles. The standard InChI is InChI=1S/C18H19BrO7/c1-3-25-16(22)8-13(12-6-10(19)4-5-15(12)24-2)18-17(23)14(21)7-11(9-20)26-18/h4-7,13,20,23H,3,8-9H2,1-2H3/t13-/m1/s1. The van der Waals surface area contributed by atoms with E-state index in [2.05, 4.69) is 15.9 Å². The number of halogens is 1. The lowest BCUT2D eigenvalue weighted by atomic mass is 9.91. The van der Waals surface area contributed by atoms with Crippen molar-refractivity contribution in [3.05, 3.63) is 56.0 Å². The maximum absolute atomic E-state index is 12.1. The first-order chi connectivity index (χ1) is 12.4. The summed E-state index contributed by atoms with van der Waals surface area (Å²) in [7, 11) is 1.47. The first-order valence-electron chi connectivity index (χ1n) is 7.87. The zero-order valence-electron chi connectivity index (χ0n) is 14.3. The molecule has 0 fully saturated rings. The van der Waals surface area contributed by atoms with Crippen LogP contribution in [0.4, 0.5) is 0 Å². The highest BCUT2D eigenvalue weighted by molar-refractivity contribution is 9.10. The number of hydrogen-bond donors (Lipinski definition) is 2. The van der Waals surface area contributed by atoms with Gasteiger partial charge in [-0.15, -0.1) is 0 Å². The molecular formula is C18H19BrO7. The van der Waals surface area contributed by atoms with Gasteiger partial charge in [-0.3, -0.25) is 9.59 Å². The molecule has 2 aromatic rings. The van der Waals surface area contributed by atoms with Crippen molar-refractivity contribution in [2.24, 2.45) is 0 Å². The lowest BCUT2D eigenvalue weighted by Gasteiger charge is -2.20. The summed E-state index contributed by atoms with van der Waals surface area (Å²) in [6.07, 6.45) is -0.188. The number of benzene rings is 1. The van der Waals surface area contributed by atoms with Crippen LogP contribution in [0.15, 0.2) is 37.9 Å². The Morgan fingerprint density at radius 2 is 2.08 bits per heavy atom. The van der Waals surface area contributed by atoms with E-state index in [9.17, 15) is 19.8 Å². The van der Waals surface area contributed by atoms with E-state index in [1.807, 2.05) is 0 Å². The maximum atomic E-state index is 12.1. The molecule has 1 heterocycles. The fraction of sp³-hybridized carbons (Fsp3) is 0.333. The van der Waals surface area contributed by atoms with Crippen LogP contribution in [0.25, 0.3) is 0 Å². The van der Waals surface area contributed by atoms with Crippen molar-refractivity contribution in [1.82, 2.24) is 0 Å². The Balaban J connectivity index is 2.67. The monoisotopic (exact) mass is 426 g/mol. The predicted octanol–water partition coefficient (Wildman–Crippen LogP) is 2.69. The first kappa shape index (κ1) is 20.0. The Morgan fingerprint density at radius 3 is 2.69 bits per heavy atom. The summed E-state index contributed by atoms with van der Waals surface area (Å²) in [5, 5.41) is 19.5. The second-order valence-corrected chi connectivity index (χ2v) is 6.31.